The van der Waals surface area contributed by atoms with Crippen LogP contribution >= 0.6 is 11.3 Å². The molecule has 1 amide bonds. The number of nitrogens with zero attached hydrogens (tertiary/aromatic N) is 1. The highest BCUT2D eigenvalue weighted by molar-refractivity contribution is 7.15. The van der Waals surface area contributed by atoms with E-state index in [0.717, 1.165) is 25.0 Å². The van der Waals surface area contributed by atoms with Crippen LogP contribution in [-0.4, -0.2) is 22.0 Å². The highest BCUT2D eigenvalue weighted by Crippen LogP contribution is 2.33. The van der Waals surface area contributed by atoms with Crippen molar-refractivity contribution in [2.24, 2.45) is 5.41 Å². The fourth-order valence-corrected chi connectivity index (χ4v) is 3.66. The fourth-order valence-electron chi connectivity index (χ4n) is 2.59. The number of aryl methyl sites for hydroxylation is 2. The molecule has 0 saturated carbocycles. The van der Waals surface area contributed by atoms with Gasteiger partial charge in [0.05, 0.1) is 11.1 Å². The van der Waals surface area contributed by atoms with Crippen molar-refractivity contribution in [2.45, 2.75) is 52.4 Å². The predicted octanol–water partition coefficient (Wildman–Crippen LogP) is 2.85. The van der Waals surface area contributed by atoms with Gasteiger partial charge in [-0.25, -0.2) is 4.98 Å². The number of amides is 1. The third-order valence-electron chi connectivity index (χ3n) is 4.15. The molecule has 1 aromatic rings. The Morgan fingerprint density at radius 2 is 2.05 bits per heavy atom. The van der Waals surface area contributed by atoms with E-state index in [4.69, 9.17) is 0 Å². The van der Waals surface area contributed by atoms with Crippen LogP contribution in [0.5, 0.6) is 0 Å². The molecule has 1 aromatic heterocycles. The van der Waals surface area contributed by atoms with E-state index in [0.29, 0.717) is 18.0 Å². The van der Waals surface area contributed by atoms with Gasteiger partial charge in [0.2, 0.25) is 5.91 Å². The van der Waals surface area contributed by atoms with E-state index in [1.54, 1.807) is 0 Å². The molecule has 0 aliphatic heterocycles. The molecule has 5 nitrogen and oxygen atoms in total. The number of nitrogens with one attached hydrogen (secondary N) is 1. The lowest BCUT2D eigenvalue weighted by atomic mass is 9.79. The van der Waals surface area contributed by atoms with Crippen molar-refractivity contribution in [1.29, 1.82) is 0 Å². The van der Waals surface area contributed by atoms with Crippen molar-refractivity contribution in [3.63, 3.8) is 0 Å². The molecule has 6 heteroatoms. The van der Waals surface area contributed by atoms with E-state index < -0.39 is 11.4 Å². The van der Waals surface area contributed by atoms with Crippen LogP contribution in [0.4, 0.5) is 5.13 Å². The number of thiazole rings is 1. The first kappa shape index (κ1) is 15.0. The lowest BCUT2D eigenvalue weighted by Crippen LogP contribution is -2.34. The molecular weight excluding hydrogens is 276 g/mol. The molecule has 0 fully saturated rings. The zero-order chi connectivity index (χ0) is 14.8. The van der Waals surface area contributed by atoms with E-state index in [1.807, 2.05) is 13.8 Å². The van der Waals surface area contributed by atoms with Gasteiger partial charge in [-0.2, -0.15) is 0 Å². The Balaban J connectivity index is 2.02. The van der Waals surface area contributed by atoms with Crippen LogP contribution < -0.4 is 5.32 Å². The third kappa shape index (κ3) is 2.85. The first-order valence-electron chi connectivity index (χ1n) is 7.02. The smallest absolute Gasteiger partial charge is 0.310 e. The van der Waals surface area contributed by atoms with Crippen LogP contribution in [0.25, 0.3) is 0 Å². The van der Waals surface area contributed by atoms with Gasteiger partial charge < -0.3 is 10.4 Å². The molecule has 1 aliphatic rings. The maximum absolute atomic E-state index is 12.1. The minimum Gasteiger partial charge on any atom is -0.481 e. The van der Waals surface area contributed by atoms with Gasteiger partial charge in [0.1, 0.15) is 0 Å². The molecule has 2 rings (SSSR count). The average molecular weight is 296 g/mol. The van der Waals surface area contributed by atoms with Crippen LogP contribution in [0.1, 0.15) is 50.1 Å². The van der Waals surface area contributed by atoms with Crippen LogP contribution in [0.3, 0.4) is 0 Å². The first-order chi connectivity index (χ1) is 9.50. The number of carboxylic acids is 1. The maximum atomic E-state index is 12.1. The summed E-state index contributed by atoms with van der Waals surface area (Å²) in [5, 5.41) is 12.7. The van der Waals surface area contributed by atoms with Gasteiger partial charge in [-0.3, -0.25) is 9.59 Å². The van der Waals surface area contributed by atoms with Gasteiger partial charge in [0, 0.05) is 11.3 Å². The van der Waals surface area contributed by atoms with Crippen molar-refractivity contribution in [3.05, 3.63) is 10.6 Å². The van der Waals surface area contributed by atoms with Crippen molar-refractivity contribution in [1.82, 2.24) is 4.98 Å². The Morgan fingerprint density at radius 3 is 2.60 bits per heavy atom. The highest BCUT2D eigenvalue weighted by Gasteiger charge is 2.37. The summed E-state index contributed by atoms with van der Waals surface area (Å²) in [6.07, 6.45) is 4.04. The number of rotatable bonds is 6. The number of anilines is 1. The molecule has 1 aliphatic carbocycles. The van der Waals surface area contributed by atoms with Gasteiger partial charge in [0.25, 0.3) is 0 Å². The Hall–Kier alpha value is -1.43. The maximum Gasteiger partial charge on any atom is 0.310 e. The number of aromatic nitrogens is 1. The second kappa shape index (κ2) is 5.91. The summed E-state index contributed by atoms with van der Waals surface area (Å²) < 4.78 is 0. The zero-order valence-corrected chi connectivity index (χ0v) is 12.7. The van der Waals surface area contributed by atoms with Gasteiger partial charge in [-0.05, 0) is 32.1 Å². The van der Waals surface area contributed by atoms with E-state index in [2.05, 4.69) is 10.3 Å². The molecule has 0 aromatic carbocycles. The first-order valence-corrected chi connectivity index (χ1v) is 7.84. The van der Waals surface area contributed by atoms with Crippen LogP contribution in [0.15, 0.2) is 0 Å². The Kier molecular flexibility index (Phi) is 4.42. The molecular formula is C14H20N2O3S. The lowest BCUT2D eigenvalue weighted by molar-refractivity contribution is -0.151. The van der Waals surface area contributed by atoms with Crippen LogP contribution in [0, 0.1) is 5.41 Å². The standard InChI is InChI=1S/C14H20N2O3S/c1-3-14(4-2,12(18)19)8-11(17)16-13-15-9-6-5-7-10(9)20-13/h3-8H2,1-2H3,(H,18,19)(H,15,16,17). The van der Waals surface area contributed by atoms with Gasteiger partial charge >= 0.3 is 5.97 Å². The SMILES string of the molecule is CCC(CC)(CC(=O)Nc1nc2c(s1)CCC2)C(=O)O. The summed E-state index contributed by atoms with van der Waals surface area (Å²) in [5.41, 5.74) is 0.116. The Morgan fingerprint density at radius 1 is 1.35 bits per heavy atom. The van der Waals surface area contributed by atoms with Gasteiger partial charge in [0.15, 0.2) is 5.13 Å². The number of carbonyl (C=O) groups is 2. The normalized spacial score (nSPS) is 14.1. The van der Waals surface area contributed by atoms with E-state index in [1.165, 1.54) is 16.2 Å². The molecule has 0 unspecified atom stereocenters. The molecule has 20 heavy (non-hydrogen) atoms. The molecule has 1 heterocycles. The Labute approximate surface area is 122 Å². The largest absolute Gasteiger partial charge is 0.481 e. The summed E-state index contributed by atoms with van der Waals surface area (Å²) in [6.45, 7) is 3.62. The molecule has 0 spiro atoms. The molecule has 2 N–H and O–H groups in total. The quantitative estimate of drug-likeness (QED) is 0.846. The Bertz CT molecular complexity index is 499. The zero-order valence-electron chi connectivity index (χ0n) is 11.9. The van der Waals surface area contributed by atoms with E-state index in [9.17, 15) is 14.7 Å². The number of hydrogen-bond donors (Lipinski definition) is 2. The number of aliphatic carboxylic acids is 1. The fraction of sp³-hybridized carbons (Fsp3) is 0.643. The van der Waals surface area contributed by atoms with Crippen LogP contribution in [0.2, 0.25) is 0 Å². The van der Waals surface area contributed by atoms with Crippen LogP contribution in [-0.2, 0) is 22.4 Å². The predicted molar refractivity (Wildman–Crippen MR) is 78.0 cm³/mol. The minimum absolute atomic E-state index is 0.000417. The minimum atomic E-state index is -0.968. The highest BCUT2D eigenvalue weighted by atomic mass is 32.1. The molecule has 0 bridgehead atoms. The summed E-state index contributed by atoms with van der Waals surface area (Å²) in [4.78, 5) is 29.1. The van der Waals surface area contributed by atoms with E-state index >= 15 is 0 Å². The van der Waals surface area contributed by atoms with Gasteiger partial charge in [-0.15, -0.1) is 11.3 Å². The van der Waals surface area contributed by atoms with Crippen molar-refractivity contribution < 1.29 is 14.7 Å². The number of fused-ring (bicyclic) bond motifs is 1. The molecule has 0 radical (unpaired) electrons. The average Bonchev–Trinajstić information content (AvgIpc) is 2.96. The summed E-state index contributed by atoms with van der Waals surface area (Å²) in [6, 6.07) is 0. The van der Waals surface area contributed by atoms with Crippen molar-refractivity contribution >= 4 is 28.3 Å². The van der Waals surface area contributed by atoms with Crippen molar-refractivity contribution in [3.8, 4) is 0 Å². The second-order valence-corrected chi connectivity index (χ2v) is 6.34. The molecule has 110 valence electrons. The monoisotopic (exact) mass is 296 g/mol. The van der Waals surface area contributed by atoms with Crippen molar-refractivity contribution in [2.75, 3.05) is 5.32 Å². The number of hydrogen-bond acceptors (Lipinski definition) is 4. The third-order valence-corrected chi connectivity index (χ3v) is 5.22. The topological polar surface area (TPSA) is 79.3 Å². The lowest BCUT2D eigenvalue weighted by Gasteiger charge is -2.25. The summed E-state index contributed by atoms with van der Waals surface area (Å²) >= 11 is 1.51. The second-order valence-electron chi connectivity index (χ2n) is 5.26. The summed E-state index contributed by atoms with van der Waals surface area (Å²) in [5.74, 6) is -1.16. The molecule has 0 atom stereocenters. The summed E-state index contributed by atoms with van der Waals surface area (Å²) in [7, 11) is 0. The van der Waals surface area contributed by atoms with Gasteiger partial charge in [-0.1, -0.05) is 13.8 Å². The van der Waals surface area contributed by atoms with E-state index in [-0.39, 0.29) is 12.3 Å². The number of carboxylic acid groups (broad SMARTS) is 1. The number of carbonyl (C=O) groups excluding carboxylic acids is 1. The molecule has 0 saturated heterocycles.